The summed E-state index contributed by atoms with van der Waals surface area (Å²) in [7, 11) is 0. The fraction of sp³-hybridized carbons (Fsp3) is 0.389. The molecule has 112 valence electrons. The van der Waals surface area contributed by atoms with Crippen LogP contribution in [0.1, 0.15) is 31.2 Å². The molecule has 0 aromatic heterocycles. The molecule has 1 aromatic carbocycles. The number of halogens is 1. The Morgan fingerprint density at radius 3 is 2.19 bits per heavy atom. The standard InChI is InChI=1S/C18H21BrO2/c1-3-13-5-6-14(4-2)18(13,12-11-17(20)21)15-7-9-16(19)10-8-15/h3-4,7-10,13-14H,1-2,5-6,11-12H2,(H,20,21)/t13-,14?,18?/m1/s1. The van der Waals surface area contributed by atoms with E-state index in [0.29, 0.717) is 18.3 Å². The summed E-state index contributed by atoms with van der Waals surface area (Å²) in [6, 6.07) is 8.25. The van der Waals surface area contributed by atoms with E-state index in [1.165, 1.54) is 5.56 Å². The van der Waals surface area contributed by atoms with Crippen LogP contribution in [-0.4, -0.2) is 11.1 Å². The molecule has 2 nitrogen and oxygen atoms in total. The van der Waals surface area contributed by atoms with Crippen molar-refractivity contribution < 1.29 is 9.90 Å². The van der Waals surface area contributed by atoms with Gasteiger partial charge in [-0.1, -0.05) is 40.2 Å². The van der Waals surface area contributed by atoms with Crippen LogP contribution < -0.4 is 0 Å². The Morgan fingerprint density at radius 1 is 1.24 bits per heavy atom. The van der Waals surface area contributed by atoms with Crippen molar-refractivity contribution in [3.05, 3.63) is 59.6 Å². The third-order valence-corrected chi connectivity index (χ3v) is 5.34. The van der Waals surface area contributed by atoms with Crippen molar-refractivity contribution in [3.8, 4) is 0 Å². The molecule has 3 heteroatoms. The molecule has 1 N–H and O–H groups in total. The highest BCUT2D eigenvalue weighted by atomic mass is 79.9. The number of carbonyl (C=O) groups is 1. The lowest BCUT2D eigenvalue weighted by molar-refractivity contribution is -0.137. The highest BCUT2D eigenvalue weighted by molar-refractivity contribution is 9.10. The van der Waals surface area contributed by atoms with Gasteiger partial charge in [0.05, 0.1) is 0 Å². The monoisotopic (exact) mass is 348 g/mol. The molecule has 3 atom stereocenters. The first-order chi connectivity index (χ1) is 10.0. The molecule has 0 spiro atoms. The number of benzene rings is 1. The van der Waals surface area contributed by atoms with Crippen LogP contribution in [0, 0.1) is 11.8 Å². The number of aliphatic carboxylic acids is 1. The maximum absolute atomic E-state index is 11.1. The first kappa shape index (κ1) is 16.0. The molecule has 1 aromatic rings. The molecule has 1 aliphatic rings. The lowest BCUT2D eigenvalue weighted by Crippen LogP contribution is -2.36. The molecule has 1 saturated carbocycles. The van der Waals surface area contributed by atoms with E-state index in [2.05, 4.69) is 41.2 Å². The normalized spacial score (nSPS) is 28.2. The summed E-state index contributed by atoms with van der Waals surface area (Å²) in [6.07, 6.45) is 6.86. The minimum atomic E-state index is -0.746. The van der Waals surface area contributed by atoms with Gasteiger partial charge in [0.1, 0.15) is 0 Å². The average Bonchev–Trinajstić information content (AvgIpc) is 2.84. The number of carboxylic acids is 1. The molecule has 0 aliphatic heterocycles. The number of rotatable bonds is 6. The van der Waals surface area contributed by atoms with Gasteiger partial charge in [-0.15, -0.1) is 13.2 Å². The van der Waals surface area contributed by atoms with Crippen LogP contribution in [0.25, 0.3) is 0 Å². The lowest BCUT2D eigenvalue weighted by Gasteiger charge is -2.39. The summed E-state index contributed by atoms with van der Waals surface area (Å²) in [5, 5.41) is 9.14. The van der Waals surface area contributed by atoms with Gasteiger partial charge in [-0.25, -0.2) is 0 Å². The third kappa shape index (κ3) is 2.98. The topological polar surface area (TPSA) is 37.3 Å². The molecule has 21 heavy (non-hydrogen) atoms. The minimum Gasteiger partial charge on any atom is -0.481 e. The Hall–Kier alpha value is -1.35. The fourth-order valence-corrected chi connectivity index (χ4v) is 4.09. The number of allylic oxidation sites excluding steroid dienone is 2. The van der Waals surface area contributed by atoms with Crippen molar-refractivity contribution >= 4 is 21.9 Å². The maximum atomic E-state index is 11.1. The summed E-state index contributed by atoms with van der Waals surface area (Å²) in [5.41, 5.74) is 1.00. The van der Waals surface area contributed by atoms with Crippen molar-refractivity contribution in [1.82, 2.24) is 0 Å². The second-order valence-corrected chi connectivity index (χ2v) is 6.62. The molecule has 0 amide bonds. The van der Waals surface area contributed by atoms with Crippen LogP contribution in [0.5, 0.6) is 0 Å². The third-order valence-electron chi connectivity index (χ3n) is 4.82. The minimum absolute atomic E-state index is 0.171. The summed E-state index contributed by atoms with van der Waals surface area (Å²) < 4.78 is 1.03. The molecule has 0 saturated heterocycles. The summed E-state index contributed by atoms with van der Waals surface area (Å²) in [6.45, 7) is 7.97. The van der Waals surface area contributed by atoms with Crippen LogP contribution in [0.3, 0.4) is 0 Å². The molecule has 2 unspecified atom stereocenters. The molecule has 0 heterocycles. The van der Waals surface area contributed by atoms with Gasteiger partial charge in [0, 0.05) is 16.3 Å². The molecule has 0 radical (unpaired) electrons. The molecular formula is C18H21BrO2. The van der Waals surface area contributed by atoms with Crippen LogP contribution in [0.15, 0.2) is 54.0 Å². The Kier molecular flexibility index (Phi) is 5.04. The zero-order valence-electron chi connectivity index (χ0n) is 12.1. The highest BCUT2D eigenvalue weighted by Crippen LogP contribution is 2.53. The molecule has 0 bridgehead atoms. The Morgan fingerprint density at radius 2 is 1.76 bits per heavy atom. The van der Waals surface area contributed by atoms with Crippen LogP contribution in [0.4, 0.5) is 0 Å². The highest BCUT2D eigenvalue weighted by Gasteiger charge is 2.48. The summed E-state index contributed by atoms with van der Waals surface area (Å²) in [4.78, 5) is 11.1. The van der Waals surface area contributed by atoms with Gasteiger partial charge in [0.25, 0.3) is 0 Å². The Bertz CT molecular complexity index is 517. The van der Waals surface area contributed by atoms with Gasteiger partial charge in [0.15, 0.2) is 0 Å². The van der Waals surface area contributed by atoms with E-state index in [0.717, 1.165) is 17.3 Å². The predicted molar refractivity (Wildman–Crippen MR) is 89.3 cm³/mol. The van der Waals surface area contributed by atoms with E-state index < -0.39 is 5.97 Å². The zero-order valence-corrected chi connectivity index (χ0v) is 13.7. The first-order valence-corrected chi connectivity index (χ1v) is 8.07. The van der Waals surface area contributed by atoms with Crippen molar-refractivity contribution in [2.75, 3.05) is 0 Å². The van der Waals surface area contributed by atoms with Crippen molar-refractivity contribution in [3.63, 3.8) is 0 Å². The molecule has 2 rings (SSSR count). The lowest BCUT2D eigenvalue weighted by atomic mass is 9.64. The molecule has 1 aliphatic carbocycles. The predicted octanol–water partition coefficient (Wildman–Crippen LogP) is 4.95. The van der Waals surface area contributed by atoms with E-state index >= 15 is 0 Å². The van der Waals surface area contributed by atoms with Crippen LogP contribution in [0.2, 0.25) is 0 Å². The van der Waals surface area contributed by atoms with Gasteiger partial charge in [-0.3, -0.25) is 4.79 Å². The molecule has 1 fully saturated rings. The van der Waals surface area contributed by atoms with Gasteiger partial charge in [0.2, 0.25) is 0 Å². The van der Waals surface area contributed by atoms with Gasteiger partial charge < -0.3 is 5.11 Å². The van der Waals surface area contributed by atoms with Crippen LogP contribution >= 0.6 is 15.9 Å². The smallest absolute Gasteiger partial charge is 0.303 e. The van der Waals surface area contributed by atoms with Crippen molar-refractivity contribution in [1.29, 1.82) is 0 Å². The summed E-state index contributed by atoms with van der Waals surface area (Å²) >= 11 is 3.46. The van der Waals surface area contributed by atoms with E-state index in [-0.39, 0.29) is 11.8 Å². The van der Waals surface area contributed by atoms with Crippen molar-refractivity contribution in [2.24, 2.45) is 11.8 Å². The van der Waals surface area contributed by atoms with Crippen LogP contribution in [-0.2, 0) is 10.2 Å². The van der Waals surface area contributed by atoms with Gasteiger partial charge in [-0.2, -0.15) is 0 Å². The molecular weight excluding hydrogens is 328 g/mol. The maximum Gasteiger partial charge on any atom is 0.303 e. The van der Waals surface area contributed by atoms with E-state index in [9.17, 15) is 4.79 Å². The quantitative estimate of drug-likeness (QED) is 0.738. The van der Waals surface area contributed by atoms with Gasteiger partial charge in [-0.05, 0) is 48.8 Å². The fourth-order valence-electron chi connectivity index (χ4n) is 3.82. The Balaban J connectivity index is 2.50. The largest absolute Gasteiger partial charge is 0.481 e. The second kappa shape index (κ2) is 6.61. The average molecular weight is 349 g/mol. The zero-order chi connectivity index (χ0) is 15.5. The Labute approximate surface area is 134 Å². The van der Waals surface area contributed by atoms with Crippen molar-refractivity contribution in [2.45, 2.75) is 31.1 Å². The van der Waals surface area contributed by atoms with E-state index in [1.54, 1.807) is 0 Å². The van der Waals surface area contributed by atoms with E-state index in [1.807, 2.05) is 24.3 Å². The summed E-state index contributed by atoms with van der Waals surface area (Å²) in [5.74, 6) is -0.161. The van der Waals surface area contributed by atoms with E-state index in [4.69, 9.17) is 5.11 Å². The number of hydrogen-bond acceptors (Lipinski definition) is 1. The second-order valence-electron chi connectivity index (χ2n) is 5.70. The van der Waals surface area contributed by atoms with Gasteiger partial charge >= 0.3 is 5.97 Å². The number of hydrogen-bond donors (Lipinski definition) is 1. The first-order valence-electron chi connectivity index (χ1n) is 7.27. The SMILES string of the molecule is C=CC1CC[C@@H](C=C)C1(CCC(=O)O)c1ccc(Br)cc1. The number of carboxylic acid groups (broad SMARTS) is 1.